The summed E-state index contributed by atoms with van der Waals surface area (Å²) in [6, 6.07) is -1.62. The van der Waals surface area contributed by atoms with Crippen LogP contribution in [0.3, 0.4) is 0 Å². The van der Waals surface area contributed by atoms with E-state index in [4.69, 9.17) is 9.47 Å². The lowest BCUT2D eigenvalue weighted by Crippen LogP contribution is -2.62. The minimum atomic E-state index is -1.20. The molecule has 0 aromatic carbocycles. The second kappa shape index (κ2) is 10.2. The predicted molar refractivity (Wildman–Crippen MR) is 140 cm³/mol. The average molecular weight is 570 g/mol. The first kappa shape index (κ1) is 28.9. The lowest BCUT2D eigenvalue weighted by Gasteiger charge is -2.46. The molecule has 0 radical (unpaired) electrons. The molecule has 3 fully saturated rings. The summed E-state index contributed by atoms with van der Waals surface area (Å²) in [7, 11) is 0. The number of carbonyl (C=O) groups excluding carboxylic acids is 3. The highest BCUT2D eigenvalue weighted by Gasteiger charge is 2.77. The molecule has 0 aromatic heterocycles. The van der Waals surface area contributed by atoms with Crippen LogP contribution in [0.4, 0.5) is 0 Å². The summed E-state index contributed by atoms with van der Waals surface area (Å²) in [5.41, 5.74) is -1.81. The van der Waals surface area contributed by atoms with Crippen molar-refractivity contribution in [2.24, 2.45) is 17.3 Å². The van der Waals surface area contributed by atoms with E-state index in [-0.39, 0.29) is 35.3 Å². The van der Waals surface area contributed by atoms with Crippen molar-refractivity contribution < 1.29 is 29.0 Å². The maximum Gasteiger partial charge on any atom is 0.312 e. The average Bonchev–Trinajstić information content (AvgIpc) is 3.36. The van der Waals surface area contributed by atoms with E-state index in [1.807, 2.05) is 13.8 Å². The fourth-order valence-electron chi connectivity index (χ4n) is 6.72. The number of ether oxygens (including phenoxy) is 2. The van der Waals surface area contributed by atoms with Gasteiger partial charge in [0.2, 0.25) is 11.8 Å². The number of aliphatic hydroxyl groups is 1. The normalized spacial score (nSPS) is 32.3. The molecule has 1 N–H and O–H groups in total. The molecule has 202 valence electrons. The summed E-state index contributed by atoms with van der Waals surface area (Å²) >= 11 is 3.65. The third-order valence-corrected chi connectivity index (χ3v) is 8.43. The number of nitrogens with zero attached hydrogens (tertiary/aromatic N) is 2. The van der Waals surface area contributed by atoms with E-state index < -0.39 is 47.1 Å². The fraction of sp³-hybridized carbons (Fsp3) is 0.741. The lowest BCUT2D eigenvalue weighted by molar-refractivity contribution is -0.157. The Hall–Kier alpha value is -1.71. The zero-order chi connectivity index (χ0) is 27.2. The van der Waals surface area contributed by atoms with Crippen molar-refractivity contribution in [1.82, 2.24) is 9.80 Å². The summed E-state index contributed by atoms with van der Waals surface area (Å²) in [6.07, 6.45) is 3.68. The van der Waals surface area contributed by atoms with Crippen LogP contribution in [-0.4, -0.2) is 86.6 Å². The molecule has 2 bridgehead atoms. The number of rotatable bonds is 10. The maximum atomic E-state index is 14.5. The van der Waals surface area contributed by atoms with E-state index in [1.165, 1.54) is 11.0 Å². The molecule has 3 unspecified atom stereocenters. The van der Waals surface area contributed by atoms with Crippen molar-refractivity contribution in [3.05, 3.63) is 25.3 Å². The van der Waals surface area contributed by atoms with Gasteiger partial charge < -0.3 is 24.4 Å². The Morgan fingerprint density at radius 3 is 2.47 bits per heavy atom. The van der Waals surface area contributed by atoms with E-state index in [9.17, 15) is 19.5 Å². The largest absolute Gasteiger partial charge is 0.461 e. The summed E-state index contributed by atoms with van der Waals surface area (Å²) in [6.45, 7) is 19.6. The highest BCUT2D eigenvalue weighted by atomic mass is 79.9. The molecule has 8 nitrogen and oxygen atoms in total. The summed E-state index contributed by atoms with van der Waals surface area (Å²) in [4.78, 5) is 44.5. The first-order valence-corrected chi connectivity index (χ1v) is 13.5. The van der Waals surface area contributed by atoms with Crippen molar-refractivity contribution in [2.75, 3.05) is 19.8 Å². The van der Waals surface area contributed by atoms with Crippen LogP contribution in [0.5, 0.6) is 0 Å². The van der Waals surface area contributed by atoms with Crippen LogP contribution < -0.4 is 0 Å². The monoisotopic (exact) mass is 568 g/mol. The molecule has 3 aliphatic rings. The predicted octanol–water partition coefficient (Wildman–Crippen LogP) is 3.07. The van der Waals surface area contributed by atoms with Gasteiger partial charge in [-0.2, -0.15) is 0 Å². The molecule has 2 amide bonds. The van der Waals surface area contributed by atoms with Crippen LogP contribution in [-0.2, 0) is 23.9 Å². The second-order valence-corrected chi connectivity index (χ2v) is 13.3. The summed E-state index contributed by atoms with van der Waals surface area (Å²) in [5, 5.41) is 10.1. The van der Waals surface area contributed by atoms with Gasteiger partial charge in [0.15, 0.2) is 0 Å². The van der Waals surface area contributed by atoms with E-state index in [0.29, 0.717) is 19.4 Å². The Morgan fingerprint density at radius 2 is 1.94 bits per heavy atom. The van der Waals surface area contributed by atoms with Crippen LogP contribution in [0.1, 0.15) is 54.4 Å². The van der Waals surface area contributed by atoms with Gasteiger partial charge in [-0.1, -0.05) is 55.4 Å². The number of alkyl halides is 1. The van der Waals surface area contributed by atoms with Gasteiger partial charge in [0, 0.05) is 16.9 Å². The fourth-order valence-corrected chi connectivity index (χ4v) is 7.66. The van der Waals surface area contributed by atoms with Crippen molar-refractivity contribution >= 4 is 33.7 Å². The number of esters is 1. The van der Waals surface area contributed by atoms with Gasteiger partial charge in [-0.05, 0) is 39.0 Å². The van der Waals surface area contributed by atoms with Crippen molar-refractivity contribution in [3.8, 4) is 0 Å². The second-order valence-electron chi connectivity index (χ2n) is 12.1. The van der Waals surface area contributed by atoms with Gasteiger partial charge in [-0.25, -0.2) is 0 Å². The molecule has 9 heteroatoms. The molecule has 36 heavy (non-hydrogen) atoms. The van der Waals surface area contributed by atoms with Gasteiger partial charge >= 0.3 is 5.97 Å². The smallest absolute Gasteiger partial charge is 0.312 e. The number of hydrogen-bond acceptors (Lipinski definition) is 6. The number of aliphatic hydroxyl groups excluding tert-OH is 1. The maximum absolute atomic E-state index is 14.5. The molecule has 1 spiro atoms. The van der Waals surface area contributed by atoms with E-state index in [2.05, 4.69) is 49.9 Å². The Morgan fingerprint density at radius 1 is 1.31 bits per heavy atom. The molecule has 0 aliphatic carbocycles. The molecular formula is C27H41BrN2O6. The zero-order valence-corrected chi connectivity index (χ0v) is 23.9. The Labute approximate surface area is 223 Å². The molecule has 0 aromatic rings. The highest BCUT2D eigenvalue weighted by molar-refractivity contribution is 9.09. The summed E-state index contributed by atoms with van der Waals surface area (Å²) in [5.74, 6) is -2.87. The SMILES string of the molecule is C=CCOC(=O)[C@H]1[C@H]2C(=O)N([C@H](C)CO)C(C(=O)N(CC=C)C(C)(C)CC(C)(C)C)C23CC(Br)[C@@H]1O3. The van der Waals surface area contributed by atoms with Gasteiger partial charge in [0.1, 0.15) is 18.2 Å². The van der Waals surface area contributed by atoms with Gasteiger partial charge in [-0.15, -0.1) is 6.58 Å². The lowest BCUT2D eigenvalue weighted by atomic mass is 9.70. The molecule has 3 heterocycles. The zero-order valence-electron chi connectivity index (χ0n) is 22.3. The van der Waals surface area contributed by atoms with Crippen LogP contribution in [0, 0.1) is 17.3 Å². The first-order chi connectivity index (χ1) is 16.7. The quantitative estimate of drug-likeness (QED) is 0.247. The minimum absolute atomic E-state index is 0.0239. The molecule has 3 aliphatic heterocycles. The van der Waals surface area contributed by atoms with Gasteiger partial charge in [0.25, 0.3) is 0 Å². The third kappa shape index (κ3) is 4.78. The van der Waals surface area contributed by atoms with E-state index in [1.54, 1.807) is 17.9 Å². The number of halogens is 1. The molecule has 0 saturated carbocycles. The third-order valence-electron chi connectivity index (χ3n) is 7.59. The molecule has 3 saturated heterocycles. The Balaban J connectivity index is 2.11. The molecule has 3 rings (SSSR count). The molecule has 7 atom stereocenters. The number of likely N-dealkylation sites (tertiary alicyclic amines) is 1. The topological polar surface area (TPSA) is 96.4 Å². The van der Waals surface area contributed by atoms with Crippen molar-refractivity contribution in [2.45, 2.75) is 88.5 Å². The Bertz CT molecular complexity index is 914. The summed E-state index contributed by atoms with van der Waals surface area (Å²) < 4.78 is 11.8. The number of amides is 2. The van der Waals surface area contributed by atoms with Crippen LogP contribution >= 0.6 is 15.9 Å². The number of hydrogen-bond donors (Lipinski definition) is 1. The standard InChI is InChI=1S/C27H41BrN2O6/c1-9-11-29(26(7,8)15-25(4,5)6)23(33)21-27-13-17(28)20(36-27)18(24(34)35-12-10-2)19(27)22(32)30(21)16(3)14-31/h9-10,16-21,31H,1-2,11-15H2,3-8H3/t16-,17?,18+,19+,20+,21?,27?/m1/s1. The van der Waals surface area contributed by atoms with Gasteiger partial charge in [-0.3, -0.25) is 14.4 Å². The first-order valence-electron chi connectivity index (χ1n) is 12.6. The molecular weight excluding hydrogens is 528 g/mol. The number of fused-ring (bicyclic) bond motifs is 1. The van der Waals surface area contributed by atoms with Crippen LogP contribution in [0.15, 0.2) is 25.3 Å². The van der Waals surface area contributed by atoms with Gasteiger partial charge in [0.05, 0.1) is 30.6 Å². The van der Waals surface area contributed by atoms with Crippen molar-refractivity contribution in [1.29, 1.82) is 0 Å². The van der Waals surface area contributed by atoms with Crippen LogP contribution in [0.25, 0.3) is 0 Å². The minimum Gasteiger partial charge on any atom is -0.461 e. The highest BCUT2D eigenvalue weighted by Crippen LogP contribution is 2.60. The van der Waals surface area contributed by atoms with Crippen molar-refractivity contribution in [3.63, 3.8) is 0 Å². The van der Waals surface area contributed by atoms with E-state index in [0.717, 1.165) is 0 Å². The number of carbonyl (C=O) groups is 3. The van der Waals surface area contributed by atoms with Crippen LogP contribution in [0.2, 0.25) is 0 Å². The van der Waals surface area contributed by atoms with E-state index >= 15 is 0 Å². The Kier molecular flexibility index (Phi) is 8.19.